The average Bonchev–Trinajstić information content (AvgIpc) is 2.95. The van der Waals surface area contributed by atoms with Crippen LogP contribution in [0.15, 0.2) is 23.8 Å². The molecule has 5 heteroatoms. The zero-order valence-corrected chi connectivity index (χ0v) is 14.0. The fourth-order valence-corrected chi connectivity index (χ4v) is 2.52. The molecule has 0 saturated carbocycles. The van der Waals surface area contributed by atoms with Crippen LogP contribution in [0, 0.1) is 11.8 Å². The first-order valence-electron chi connectivity index (χ1n) is 7.62. The molecular formula is C16H29N3O2. The minimum Gasteiger partial charge on any atom is -0.467 e. The van der Waals surface area contributed by atoms with Crippen LogP contribution in [0.5, 0.6) is 0 Å². The summed E-state index contributed by atoms with van der Waals surface area (Å²) in [5.41, 5.74) is 0.972. The third-order valence-electron chi connectivity index (χ3n) is 3.71. The number of likely N-dealkylation sites (N-methyl/N-ethyl adjacent to an activating group) is 2. The Bertz CT molecular complexity index is 404. The Morgan fingerprint density at radius 3 is 2.14 bits per heavy atom. The van der Waals surface area contributed by atoms with Gasteiger partial charge in [0.25, 0.3) is 0 Å². The van der Waals surface area contributed by atoms with Crippen molar-refractivity contribution in [1.29, 1.82) is 0 Å². The molecule has 0 aromatic carbocycles. The second-order valence-electron chi connectivity index (χ2n) is 6.02. The van der Waals surface area contributed by atoms with Crippen LogP contribution in [0.2, 0.25) is 0 Å². The fourth-order valence-electron chi connectivity index (χ4n) is 2.52. The number of nitrogens with one attached hydrogen (secondary N) is 3. The first-order valence-corrected chi connectivity index (χ1v) is 7.62. The Hall–Kier alpha value is -1.49. The maximum atomic E-state index is 12.1. The smallest absolute Gasteiger partial charge is 0.242 e. The molecule has 1 heterocycles. The third-order valence-corrected chi connectivity index (χ3v) is 3.71. The number of allylic oxidation sites excluding steroid dienone is 1. The lowest BCUT2D eigenvalue weighted by Gasteiger charge is -2.31. The van der Waals surface area contributed by atoms with Gasteiger partial charge in [-0.2, -0.15) is 0 Å². The van der Waals surface area contributed by atoms with Gasteiger partial charge in [0.15, 0.2) is 0 Å². The van der Waals surface area contributed by atoms with Crippen molar-refractivity contribution in [3.8, 4) is 0 Å². The monoisotopic (exact) mass is 295 g/mol. The van der Waals surface area contributed by atoms with Gasteiger partial charge < -0.3 is 20.7 Å². The van der Waals surface area contributed by atoms with Gasteiger partial charge in [0.05, 0.1) is 18.0 Å². The molecule has 1 aliphatic rings. The van der Waals surface area contributed by atoms with Crippen LogP contribution in [0.4, 0.5) is 0 Å². The van der Waals surface area contributed by atoms with Crippen molar-refractivity contribution in [3.63, 3.8) is 0 Å². The third kappa shape index (κ3) is 4.49. The molecule has 0 aromatic rings. The van der Waals surface area contributed by atoms with Crippen LogP contribution in [0.1, 0.15) is 34.1 Å². The molecule has 21 heavy (non-hydrogen) atoms. The van der Waals surface area contributed by atoms with Crippen molar-refractivity contribution in [3.05, 3.63) is 23.8 Å². The minimum absolute atomic E-state index is 0.00679. The Balaban J connectivity index is 3.07. The first-order chi connectivity index (χ1) is 9.92. The van der Waals surface area contributed by atoms with Crippen molar-refractivity contribution in [2.24, 2.45) is 11.8 Å². The van der Waals surface area contributed by atoms with Gasteiger partial charge in [-0.15, -0.1) is 0 Å². The van der Waals surface area contributed by atoms with E-state index in [2.05, 4.69) is 29.8 Å². The zero-order chi connectivity index (χ0) is 16.0. The van der Waals surface area contributed by atoms with Crippen LogP contribution in [0.3, 0.4) is 0 Å². The van der Waals surface area contributed by atoms with Crippen molar-refractivity contribution in [2.75, 3.05) is 14.1 Å². The largest absolute Gasteiger partial charge is 0.467 e. The molecule has 0 spiro atoms. The van der Waals surface area contributed by atoms with Gasteiger partial charge in [-0.25, -0.2) is 0 Å². The molecule has 0 aromatic heterocycles. The second-order valence-corrected chi connectivity index (χ2v) is 6.02. The molecule has 1 unspecified atom stereocenters. The highest BCUT2D eigenvalue weighted by atomic mass is 16.5. The van der Waals surface area contributed by atoms with Gasteiger partial charge in [0, 0.05) is 13.5 Å². The van der Waals surface area contributed by atoms with E-state index in [1.807, 2.05) is 27.0 Å². The quantitative estimate of drug-likeness (QED) is 0.669. The van der Waals surface area contributed by atoms with Crippen LogP contribution < -0.4 is 16.0 Å². The van der Waals surface area contributed by atoms with Gasteiger partial charge in [-0.3, -0.25) is 4.79 Å². The molecule has 1 rings (SSSR count). The van der Waals surface area contributed by atoms with E-state index in [9.17, 15) is 4.79 Å². The number of ether oxygens (including phenoxy) is 1. The standard InChI is InChI=1S/C16H29N3O2/c1-10(2)13(17-5)15(12-8-7-9-21-12)19-14(11(3)4)16(20)18-6/h7,9-11,13-14,17,19H,8H2,1-6H3,(H,18,20)/t13-,14?/m0/s1. The van der Waals surface area contributed by atoms with Gasteiger partial charge in [0.1, 0.15) is 11.8 Å². The van der Waals surface area contributed by atoms with Crippen LogP contribution in [-0.2, 0) is 9.53 Å². The van der Waals surface area contributed by atoms with Crippen molar-refractivity contribution in [2.45, 2.75) is 46.2 Å². The second kappa shape index (κ2) is 8.08. The molecule has 3 N–H and O–H groups in total. The number of hydrogen-bond acceptors (Lipinski definition) is 4. The van der Waals surface area contributed by atoms with E-state index in [1.165, 1.54) is 0 Å². The first kappa shape index (κ1) is 17.6. The maximum Gasteiger partial charge on any atom is 0.242 e. The zero-order valence-electron chi connectivity index (χ0n) is 14.0. The normalized spacial score (nSPS) is 19.4. The highest BCUT2D eigenvalue weighted by Gasteiger charge is 2.28. The highest BCUT2D eigenvalue weighted by molar-refractivity contribution is 5.82. The number of rotatable bonds is 7. The molecule has 0 bridgehead atoms. The molecule has 1 amide bonds. The fraction of sp³-hybridized carbons (Fsp3) is 0.688. The lowest BCUT2D eigenvalue weighted by molar-refractivity contribution is -0.123. The number of hydrogen-bond donors (Lipinski definition) is 3. The minimum atomic E-state index is -0.281. The molecule has 5 nitrogen and oxygen atoms in total. The lowest BCUT2D eigenvalue weighted by atomic mass is 9.96. The summed E-state index contributed by atoms with van der Waals surface area (Å²) in [6.07, 6.45) is 4.44. The molecule has 0 fully saturated rings. The van der Waals surface area contributed by atoms with Gasteiger partial charge in [0.2, 0.25) is 5.91 Å². The molecular weight excluding hydrogens is 266 g/mol. The van der Waals surface area contributed by atoms with Crippen molar-refractivity contribution < 1.29 is 9.53 Å². The molecule has 0 radical (unpaired) electrons. The Morgan fingerprint density at radius 2 is 1.76 bits per heavy atom. The van der Waals surface area contributed by atoms with E-state index in [-0.39, 0.29) is 23.9 Å². The summed E-state index contributed by atoms with van der Waals surface area (Å²) in [5, 5.41) is 9.47. The highest BCUT2D eigenvalue weighted by Crippen LogP contribution is 2.23. The van der Waals surface area contributed by atoms with E-state index in [0.717, 1.165) is 17.9 Å². The topological polar surface area (TPSA) is 62.4 Å². The van der Waals surface area contributed by atoms with E-state index < -0.39 is 0 Å². The Kier molecular flexibility index (Phi) is 6.75. The number of carbonyl (C=O) groups excluding carboxylic acids is 1. The van der Waals surface area contributed by atoms with E-state index in [0.29, 0.717) is 5.92 Å². The van der Waals surface area contributed by atoms with E-state index in [4.69, 9.17) is 4.74 Å². The summed E-state index contributed by atoms with van der Waals surface area (Å²) < 4.78 is 5.61. The SMILES string of the molecule is CNC(=O)C(NC(=C1CC=CO1)[C@@H](NC)C(C)C)C(C)C. The predicted octanol–water partition coefficient (Wildman–Crippen LogP) is 1.74. The Labute approximate surface area is 128 Å². The number of carbonyl (C=O) groups is 1. The summed E-state index contributed by atoms with van der Waals surface area (Å²) >= 11 is 0. The van der Waals surface area contributed by atoms with Gasteiger partial charge in [-0.1, -0.05) is 27.7 Å². The molecule has 2 atom stereocenters. The van der Waals surface area contributed by atoms with Crippen LogP contribution in [0.25, 0.3) is 0 Å². The molecule has 0 aliphatic carbocycles. The number of amides is 1. The van der Waals surface area contributed by atoms with Gasteiger partial charge in [-0.05, 0) is 25.0 Å². The van der Waals surface area contributed by atoms with Crippen LogP contribution in [-0.4, -0.2) is 32.1 Å². The van der Waals surface area contributed by atoms with E-state index >= 15 is 0 Å². The lowest BCUT2D eigenvalue weighted by Crippen LogP contribution is -2.50. The predicted molar refractivity (Wildman–Crippen MR) is 85.4 cm³/mol. The summed E-state index contributed by atoms with van der Waals surface area (Å²) in [6, 6.07) is -0.165. The van der Waals surface area contributed by atoms with E-state index in [1.54, 1.807) is 13.3 Å². The molecule has 120 valence electrons. The van der Waals surface area contributed by atoms with Gasteiger partial charge >= 0.3 is 0 Å². The Morgan fingerprint density at radius 1 is 1.14 bits per heavy atom. The summed E-state index contributed by atoms with van der Waals surface area (Å²) in [4.78, 5) is 12.1. The average molecular weight is 295 g/mol. The van der Waals surface area contributed by atoms with Crippen LogP contribution >= 0.6 is 0 Å². The van der Waals surface area contributed by atoms with Crippen molar-refractivity contribution in [1.82, 2.24) is 16.0 Å². The molecule has 0 saturated heterocycles. The summed E-state index contributed by atoms with van der Waals surface area (Å²) in [6.45, 7) is 8.37. The summed E-state index contributed by atoms with van der Waals surface area (Å²) in [5.74, 6) is 1.44. The molecule has 1 aliphatic heterocycles. The maximum absolute atomic E-state index is 12.1. The van der Waals surface area contributed by atoms with Crippen molar-refractivity contribution >= 4 is 5.91 Å². The summed E-state index contributed by atoms with van der Waals surface area (Å²) in [7, 11) is 3.59.